The highest BCUT2D eigenvalue weighted by atomic mass is 32.2. The number of piperazine rings is 1. The van der Waals surface area contributed by atoms with Crippen molar-refractivity contribution >= 4 is 23.6 Å². The molecule has 0 saturated carbocycles. The summed E-state index contributed by atoms with van der Waals surface area (Å²) < 4.78 is 0. The van der Waals surface area contributed by atoms with Gasteiger partial charge in [-0.1, -0.05) is 0 Å². The molecule has 2 atom stereocenters. The van der Waals surface area contributed by atoms with Gasteiger partial charge < -0.3 is 9.80 Å². The van der Waals surface area contributed by atoms with Crippen LogP contribution in [-0.4, -0.2) is 58.3 Å². The summed E-state index contributed by atoms with van der Waals surface area (Å²) in [6, 6.07) is 0.149. The monoisotopic (exact) mass is 268 g/mol. The molecule has 2 amide bonds. The number of rotatable bonds is 1. The molecule has 0 bridgehead atoms. The van der Waals surface area contributed by atoms with Gasteiger partial charge in [0.25, 0.3) is 0 Å². The van der Waals surface area contributed by atoms with E-state index in [9.17, 15) is 9.59 Å². The van der Waals surface area contributed by atoms with E-state index in [0.717, 1.165) is 38.0 Å². The molecule has 4 nitrogen and oxygen atoms in total. The van der Waals surface area contributed by atoms with Gasteiger partial charge in [0.15, 0.2) is 0 Å². The van der Waals surface area contributed by atoms with Crippen LogP contribution in [0.3, 0.4) is 0 Å². The zero-order valence-corrected chi connectivity index (χ0v) is 11.5. The highest BCUT2D eigenvalue weighted by Gasteiger charge is 2.42. The maximum Gasteiger partial charge on any atom is 0.246 e. The molecule has 0 radical (unpaired) electrons. The van der Waals surface area contributed by atoms with Gasteiger partial charge in [-0.05, 0) is 37.9 Å². The zero-order valence-electron chi connectivity index (χ0n) is 10.6. The summed E-state index contributed by atoms with van der Waals surface area (Å²) in [7, 11) is 0. The summed E-state index contributed by atoms with van der Waals surface area (Å²) in [4.78, 5) is 28.4. The number of hydrogen-bond acceptors (Lipinski definition) is 3. The van der Waals surface area contributed by atoms with E-state index < -0.39 is 0 Å². The van der Waals surface area contributed by atoms with Gasteiger partial charge in [-0.2, -0.15) is 11.8 Å². The van der Waals surface area contributed by atoms with Crippen LogP contribution >= 0.6 is 11.8 Å². The molecule has 3 fully saturated rings. The minimum Gasteiger partial charge on any atom is -0.329 e. The van der Waals surface area contributed by atoms with Crippen LogP contribution in [0.4, 0.5) is 0 Å². The van der Waals surface area contributed by atoms with Crippen LogP contribution in [0.15, 0.2) is 0 Å². The number of carbonyl (C=O) groups excluding carboxylic acids is 2. The number of thioether (sulfide) groups is 1. The predicted molar refractivity (Wildman–Crippen MR) is 71.4 cm³/mol. The Morgan fingerprint density at radius 3 is 2.72 bits per heavy atom. The Morgan fingerprint density at radius 2 is 1.94 bits per heavy atom. The standard InChI is InChI=1S/C13H20N2O2S/c16-12-8-15(10-4-3-7-18-9-10)13(17)11-5-1-2-6-14(11)12/h10-11H,1-9H2. The van der Waals surface area contributed by atoms with Gasteiger partial charge in [0.05, 0.1) is 0 Å². The molecular formula is C13H20N2O2S. The van der Waals surface area contributed by atoms with Gasteiger partial charge in [0.2, 0.25) is 11.8 Å². The number of nitrogens with zero attached hydrogens (tertiary/aromatic N) is 2. The van der Waals surface area contributed by atoms with Gasteiger partial charge in [-0.25, -0.2) is 0 Å². The Morgan fingerprint density at radius 1 is 1.06 bits per heavy atom. The van der Waals surface area contributed by atoms with Crippen LogP contribution in [0.1, 0.15) is 32.1 Å². The minimum atomic E-state index is -0.146. The second-order valence-corrected chi connectivity index (χ2v) is 6.59. The summed E-state index contributed by atoms with van der Waals surface area (Å²) in [5.41, 5.74) is 0. The lowest BCUT2D eigenvalue weighted by Gasteiger charge is -2.46. The van der Waals surface area contributed by atoms with Crippen molar-refractivity contribution < 1.29 is 9.59 Å². The molecule has 0 N–H and O–H groups in total. The third-order valence-corrected chi connectivity index (χ3v) is 5.47. The molecule has 0 aromatic carbocycles. The van der Waals surface area contributed by atoms with Crippen LogP contribution in [0.5, 0.6) is 0 Å². The molecule has 100 valence electrons. The summed E-state index contributed by atoms with van der Waals surface area (Å²) in [6.45, 7) is 1.10. The molecule has 18 heavy (non-hydrogen) atoms. The van der Waals surface area contributed by atoms with Crippen molar-refractivity contribution in [3.63, 3.8) is 0 Å². The number of piperidine rings is 1. The topological polar surface area (TPSA) is 40.6 Å². The Labute approximate surface area is 112 Å². The first kappa shape index (κ1) is 12.3. The maximum atomic E-state index is 12.5. The van der Waals surface area contributed by atoms with Crippen LogP contribution in [0, 0.1) is 0 Å². The first-order chi connectivity index (χ1) is 8.77. The number of carbonyl (C=O) groups is 2. The molecule has 0 aliphatic carbocycles. The van der Waals surface area contributed by atoms with Crippen molar-refractivity contribution in [3.05, 3.63) is 0 Å². The van der Waals surface area contributed by atoms with Gasteiger partial charge >= 0.3 is 0 Å². The second kappa shape index (κ2) is 5.11. The van der Waals surface area contributed by atoms with E-state index in [1.165, 1.54) is 12.2 Å². The first-order valence-corrected chi connectivity index (χ1v) is 8.10. The summed E-state index contributed by atoms with van der Waals surface area (Å²) in [6.07, 6.45) is 5.23. The highest BCUT2D eigenvalue weighted by Crippen LogP contribution is 2.28. The lowest BCUT2D eigenvalue weighted by atomic mass is 9.97. The molecule has 5 heteroatoms. The van der Waals surface area contributed by atoms with Crippen molar-refractivity contribution in [3.8, 4) is 0 Å². The Balaban J connectivity index is 1.75. The van der Waals surface area contributed by atoms with Crippen LogP contribution in [-0.2, 0) is 9.59 Å². The summed E-state index contributed by atoms with van der Waals surface area (Å²) in [5.74, 6) is 2.57. The van der Waals surface area contributed by atoms with Crippen LogP contribution < -0.4 is 0 Å². The highest BCUT2D eigenvalue weighted by molar-refractivity contribution is 7.99. The molecule has 0 spiro atoms. The maximum absolute atomic E-state index is 12.5. The van der Waals surface area contributed by atoms with E-state index in [-0.39, 0.29) is 17.9 Å². The first-order valence-electron chi connectivity index (χ1n) is 6.95. The minimum absolute atomic E-state index is 0.146. The van der Waals surface area contributed by atoms with E-state index in [4.69, 9.17) is 0 Å². The largest absolute Gasteiger partial charge is 0.329 e. The van der Waals surface area contributed by atoms with E-state index in [1.807, 2.05) is 21.6 Å². The van der Waals surface area contributed by atoms with Crippen molar-refractivity contribution in [1.82, 2.24) is 9.80 Å². The third kappa shape index (κ3) is 2.13. The number of fused-ring (bicyclic) bond motifs is 1. The molecule has 3 aliphatic rings. The van der Waals surface area contributed by atoms with E-state index in [2.05, 4.69) is 0 Å². The molecule has 2 unspecified atom stereocenters. The zero-order chi connectivity index (χ0) is 12.5. The average molecular weight is 268 g/mol. The van der Waals surface area contributed by atoms with Gasteiger partial charge in [0, 0.05) is 18.3 Å². The van der Waals surface area contributed by atoms with Crippen molar-refractivity contribution in [2.24, 2.45) is 0 Å². The average Bonchev–Trinajstić information content (AvgIpc) is 2.44. The molecule has 3 saturated heterocycles. The predicted octanol–water partition coefficient (Wildman–Crippen LogP) is 1.11. The van der Waals surface area contributed by atoms with E-state index in [1.54, 1.807) is 0 Å². The van der Waals surface area contributed by atoms with Gasteiger partial charge in [-0.3, -0.25) is 9.59 Å². The van der Waals surface area contributed by atoms with Crippen molar-refractivity contribution in [1.29, 1.82) is 0 Å². The van der Waals surface area contributed by atoms with Crippen LogP contribution in [0.25, 0.3) is 0 Å². The lowest BCUT2D eigenvalue weighted by Crippen LogP contribution is -2.63. The Bertz CT molecular complexity index is 355. The van der Waals surface area contributed by atoms with Crippen LogP contribution in [0.2, 0.25) is 0 Å². The molecule has 0 aromatic heterocycles. The molecule has 0 aromatic rings. The van der Waals surface area contributed by atoms with Gasteiger partial charge in [0.1, 0.15) is 12.6 Å². The van der Waals surface area contributed by atoms with Gasteiger partial charge in [-0.15, -0.1) is 0 Å². The number of hydrogen-bond donors (Lipinski definition) is 0. The van der Waals surface area contributed by atoms with Crippen molar-refractivity contribution in [2.45, 2.75) is 44.2 Å². The second-order valence-electron chi connectivity index (χ2n) is 5.44. The number of amides is 2. The SMILES string of the molecule is O=C1C2CCCCN2C(=O)CN1C1CCCSC1. The Kier molecular flexibility index (Phi) is 3.50. The smallest absolute Gasteiger partial charge is 0.246 e. The Hall–Kier alpha value is -0.710. The fraction of sp³-hybridized carbons (Fsp3) is 0.846. The summed E-state index contributed by atoms with van der Waals surface area (Å²) >= 11 is 1.91. The van der Waals surface area contributed by atoms with E-state index in [0.29, 0.717) is 12.6 Å². The summed E-state index contributed by atoms with van der Waals surface area (Å²) in [5, 5.41) is 0. The lowest BCUT2D eigenvalue weighted by molar-refractivity contribution is -0.159. The molecule has 3 rings (SSSR count). The molecule has 3 heterocycles. The molecule has 3 aliphatic heterocycles. The van der Waals surface area contributed by atoms with E-state index >= 15 is 0 Å². The fourth-order valence-electron chi connectivity index (χ4n) is 3.27. The molecular weight excluding hydrogens is 248 g/mol. The fourth-order valence-corrected chi connectivity index (χ4v) is 4.43. The third-order valence-electron chi connectivity index (χ3n) is 4.27. The quantitative estimate of drug-likeness (QED) is 0.715. The van der Waals surface area contributed by atoms with Crippen molar-refractivity contribution in [2.75, 3.05) is 24.6 Å². The normalized spacial score (nSPS) is 33.6.